The highest BCUT2D eigenvalue weighted by Crippen LogP contribution is 2.19. The van der Waals surface area contributed by atoms with Crippen LogP contribution in [0.4, 0.5) is 0 Å². The number of methoxy groups -OCH3 is 1. The van der Waals surface area contributed by atoms with Crippen LogP contribution in [0.1, 0.15) is 23.6 Å². The van der Waals surface area contributed by atoms with Crippen LogP contribution in [0.5, 0.6) is 11.5 Å². The molecule has 0 spiro atoms. The summed E-state index contributed by atoms with van der Waals surface area (Å²) in [5.74, 6) is -0.364. The third kappa shape index (κ3) is 7.33. The number of esters is 1. The first-order valence-electron chi connectivity index (χ1n) is 10.5. The number of carbonyl (C=O) groups is 2. The number of hydrogen-bond acceptors (Lipinski definition) is 5. The highest BCUT2D eigenvalue weighted by Gasteiger charge is 2.17. The van der Waals surface area contributed by atoms with Gasteiger partial charge < -0.3 is 19.3 Å². The van der Waals surface area contributed by atoms with E-state index in [0.29, 0.717) is 17.9 Å². The smallest absolute Gasteiger partial charge is 0.339 e. The van der Waals surface area contributed by atoms with Crippen LogP contribution in [0, 0.1) is 0 Å². The van der Waals surface area contributed by atoms with Crippen LogP contribution in [0.25, 0.3) is 6.08 Å². The third-order valence-electron chi connectivity index (χ3n) is 4.95. The molecule has 0 amide bonds. The zero-order valence-electron chi connectivity index (χ0n) is 18.6. The van der Waals surface area contributed by atoms with Gasteiger partial charge in [-0.1, -0.05) is 54.6 Å². The molecular formula is C27H26O6. The van der Waals surface area contributed by atoms with Crippen LogP contribution < -0.4 is 9.47 Å². The first-order chi connectivity index (χ1) is 15.9. The van der Waals surface area contributed by atoms with Gasteiger partial charge in [0.1, 0.15) is 18.1 Å². The molecule has 3 rings (SSSR count). The molecular weight excluding hydrogens is 420 g/mol. The average Bonchev–Trinajstić information content (AvgIpc) is 2.83. The Bertz CT molecular complexity index is 1090. The highest BCUT2D eigenvalue weighted by molar-refractivity contribution is 5.94. The number of benzene rings is 3. The van der Waals surface area contributed by atoms with Crippen molar-refractivity contribution in [2.75, 3.05) is 7.11 Å². The monoisotopic (exact) mass is 446 g/mol. The molecule has 1 N–H and O–H groups in total. The van der Waals surface area contributed by atoms with Gasteiger partial charge >= 0.3 is 11.9 Å². The predicted molar refractivity (Wildman–Crippen MR) is 125 cm³/mol. The largest absolute Gasteiger partial charge is 0.489 e. The Labute approximate surface area is 193 Å². The molecule has 0 radical (unpaired) electrons. The molecule has 0 aliphatic carbocycles. The second kappa shape index (κ2) is 11.6. The number of ether oxygens (including phenoxy) is 3. The van der Waals surface area contributed by atoms with Crippen molar-refractivity contribution in [3.05, 3.63) is 101 Å². The lowest BCUT2D eigenvalue weighted by Crippen LogP contribution is -2.24. The van der Waals surface area contributed by atoms with Crippen molar-refractivity contribution in [2.45, 2.75) is 26.1 Å². The maximum Gasteiger partial charge on any atom is 0.339 e. The predicted octanol–water partition coefficient (Wildman–Crippen LogP) is 4.92. The van der Waals surface area contributed by atoms with E-state index in [0.717, 1.165) is 22.4 Å². The minimum Gasteiger partial charge on any atom is -0.489 e. The van der Waals surface area contributed by atoms with Gasteiger partial charge in [0, 0.05) is 19.1 Å². The number of carboxylic acids is 1. The number of hydrogen-bond donors (Lipinski definition) is 1. The van der Waals surface area contributed by atoms with Crippen LogP contribution in [0.3, 0.4) is 0 Å². The molecule has 0 fully saturated rings. The number of aliphatic carboxylic acids is 1. The summed E-state index contributed by atoms with van der Waals surface area (Å²) >= 11 is 0. The zero-order chi connectivity index (χ0) is 23.6. The van der Waals surface area contributed by atoms with E-state index in [4.69, 9.17) is 19.3 Å². The molecule has 3 aromatic rings. The summed E-state index contributed by atoms with van der Waals surface area (Å²) in [6.45, 7) is 2.18. The molecule has 1 atom stereocenters. The second-order valence-corrected chi connectivity index (χ2v) is 7.47. The summed E-state index contributed by atoms with van der Waals surface area (Å²) in [5, 5.41) is 9.07. The van der Waals surface area contributed by atoms with Crippen molar-refractivity contribution in [1.82, 2.24) is 0 Å². The van der Waals surface area contributed by atoms with Crippen molar-refractivity contribution in [3.63, 3.8) is 0 Å². The summed E-state index contributed by atoms with van der Waals surface area (Å²) in [6.07, 6.45) is 1.05. The normalized spacial score (nSPS) is 12.1. The molecule has 1 unspecified atom stereocenters. The summed E-state index contributed by atoms with van der Waals surface area (Å²) in [6, 6.07) is 24.1. The molecule has 3 aromatic carbocycles. The fourth-order valence-corrected chi connectivity index (χ4v) is 3.08. The van der Waals surface area contributed by atoms with Crippen LogP contribution in [0.15, 0.2) is 84.4 Å². The number of carbonyl (C=O) groups excluding carboxylic acids is 1. The lowest BCUT2D eigenvalue weighted by atomic mass is 10.1. The molecule has 33 heavy (non-hydrogen) atoms. The van der Waals surface area contributed by atoms with Gasteiger partial charge in [-0.3, -0.25) is 0 Å². The van der Waals surface area contributed by atoms with Crippen molar-refractivity contribution < 1.29 is 28.9 Å². The Balaban J connectivity index is 1.54. The zero-order valence-corrected chi connectivity index (χ0v) is 18.6. The third-order valence-corrected chi connectivity index (χ3v) is 4.95. The van der Waals surface area contributed by atoms with Crippen LogP contribution in [0.2, 0.25) is 0 Å². The molecule has 0 aliphatic rings. The second-order valence-electron chi connectivity index (χ2n) is 7.47. The highest BCUT2D eigenvalue weighted by atomic mass is 16.5. The van der Waals surface area contributed by atoms with Gasteiger partial charge in [-0.25, -0.2) is 9.59 Å². The van der Waals surface area contributed by atoms with Crippen molar-refractivity contribution in [3.8, 4) is 11.5 Å². The Morgan fingerprint density at radius 2 is 1.52 bits per heavy atom. The Morgan fingerprint density at radius 1 is 0.879 bits per heavy atom. The lowest BCUT2D eigenvalue weighted by molar-refractivity contribution is -0.148. The van der Waals surface area contributed by atoms with E-state index in [1.54, 1.807) is 37.3 Å². The standard InChI is InChI=1S/C27H26O6/c1-19(16-20-8-12-23(13-9-20)32-18-22-6-4-3-5-7-22)27(30)33-24-14-10-21(11-15-24)17-25(31-2)26(28)29/h3-16,25H,17-18H2,1-2H3,(H,28,29). The lowest BCUT2D eigenvalue weighted by Gasteiger charge is -2.11. The quantitative estimate of drug-likeness (QED) is 0.271. The van der Waals surface area contributed by atoms with E-state index < -0.39 is 18.0 Å². The van der Waals surface area contributed by atoms with Crippen molar-refractivity contribution in [2.24, 2.45) is 0 Å². The van der Waals surface area contributed by atoms with Gasteiger partial charge in [0.25, 0.3) is 0 Å². The van der Waals surface area contributed by atoms with Gasteiger partial charge in [0.15, 0.2) is 6.10 Å². The van der Waals surface area contributed by atoms with Gasteiger partial charge in [-0.15, -0.1) is 0 Å². The molecule has 6 nitrogen and oxygen atoms in total. The minimum atomic E-state index is -1.02. The van der Waals surface area contributed by atoms with E-state index in [1.165, 1.54) is 7.11 Å². The first kappa shape index (κ1) is 23.8. The Kier molecular flexibility index (Phi) is 8.38. The SMILES string of the molecule is COC(Cc1ccc(OC(=O)C(C)=Cc2ccc(OCc3ccccc3)cc2)cc1)C(=O)O. The summed E-state index contributed by atoms with van der Waals surface area (Å²) in [5.41, 5.74) is 3.16. The Hall–Kier alpha value is -3.90. The number of carboxylic acid groups (broad SMARTS) is 1. The molecule has 0 aromatic heterocycles. The van der Waals surface area contributed by atoms with Crippen LogP contribution >= 0.6 is 0 Å². The summed E-state index contributed by atoms with van der Waals surface area (Å²) in [7, 11) is 1.36. The molecule has 0 saturated carbocycles. The van der Waals surface area contributed by atoms with Crippen LogP contribution in [-0.2, 0) is 27.4 Å². The minimum absolute atomic E-state index is 0.226. The van der Waals surface area contributed by atoms with Gasteiger partial charge in [0.05, 0.1) is 0 Å². The van der Waals surface area contributed by atoms with E-state index in [2.05, 4.69) is 0 Å². The molecule has 0 saturated heterocycles. The summed E-state index contributed by atoms with van der Waals surface area (Å²) < 4.78 is 16.1. The first-order valence-corrected chi connectivity index (χ1v) is 10.5. The number of rotatable bonds is 10. The van der Waals surface area contributed by atoms with Gasteiger partial charge in [-0.2, -0.15) is 0 Å². The fourth-order valence-electron chi connectivity index (χ4n) is 3.08. The van der Waals surface area contributed by atoms with E-state index in [1.807, 2.05) is 54.6 Å². The maximum atomic E-state index is 12.4. The fraction of sp³-hybridized carbons (Fsp3) is 0.185. The average molecular weight is 446 g/mol. The maximum absolute atomic E-state index is 12.4. The summed E-state index contributed by atoms with van der Waals surface area (Å²) in [4.78, 5) is 23.5. The van der Waals surface area contributed by atoms with Gasteiger partial charge in [-0.05, 0) is 54.0 Å². The van der Waals surface area contributed by atoms with Crippen molar-refractivity contribution in [1.29, 1.82) is 0 Å². The topological polar surface area (TPSA) is 82.1 Å². The molecule has 170 valence electrons. The molecule has 6 heteroatoms. The Morgan fingerprint density at radius 3 is 2.12 bits per heavy atom. The van der Waals surface area contributed by atoms with E-state index >= 15 is 0 Å². The van der Waals surface area contributed by atoms with Crippen molar-refractivity contribution >= 4 is 18.0 Å². The van der Waals surface area contributed by atoms with Crippen LogP contribution in [-0.4, -0.2) is 30.3 Å². The van der Waals surface area contributed by atoms with Gasteiger partial charge in [0.2, 0.25) is 0 Å². The van der Waals surface area contributed by atoms with E-state index in [-0.39, 0.29) is 6.42 Å². The van der Waals surface area contributed by atoms with E-state index in [9.17, 15) is 9.59 Å². The molecule has 0 heterocycles. The molecule has 0 bridgehead atoms. The molecule has 0 aliphatic heterocycles.